The van der Waals surface area contributed by atoms with Crippen LogP contribution in [0.4, 0.5) is 0 Å². The highest BCUT2D eigenvalue weighted by molar-refractivity contribution is 9.11. The van der Waals surface area contributed by atoms with Gasteiger partial charge >= 0.3 is 0 Å². The Morgan fingerprint density at radius 2 is 0.833 bits per heavy atom. The van der Waals surface area contributed by atoms with Gasteiger partial charge in [0.05, 0.1) is 75.0 Å². The van der Waals surface area contributed by atoms with Crippen molar-refractivity contribution in [2.45, 2.75) is 13.8 Å². The van der Waals surface area contributed by atoms with E-state index in [0.29, 0.717) is 0 Å². The second kappa shape index (κ2) is 8.25. The van der Waals surface area contributed by atoms with Gasteiger partial charge in [0, 0.05) is 0 Å². The molecule has 0 fully saturated rings. The molecule has 8 aromatic heterocycles. The van der Waals surface area contributed by atoms with Crippen LogP contribution in [0.15, 0.2) is 38.9 Å². The standard InChI is InChI=1S/C24H8Br4O2S6/c1-5-3-7-13(29-5)9(25)15(31-7)17-11(27)19-21(33-17)23-24(35-19)22-20(36-23)12(28)18(34-22)16-10(26)14-8(32-16)4-6(2)30-14/h3-4H,1-2H3. The summed E-state index contributed by atoms with van der Waals surface area (Å²) in [6.45, 7) is 3.99. The van der Waals surface area contributed by atoms with Crippen molar-refractivity contribution >= 4 is 181 Å². The molecule has 0 aliphatic heterocycles. The van der Waals surface area contributed by atoms with E-state index in [9.17, 15) is 0 Å². The van der Waals surface area contributed by atoms with Gasteiger partial charge in [0.2, 0.25) is 0 Å². The van der Waals surface area contributed by atoms with Gasteiger partial charge in [-0.05, 0) is 89.7 Å². The highest BCUT2D eigenvalue weighted by Gasteiger charge is 2.27. The molecule has 0 bridgehead atoms. The van der Waals surface area contributed by atoms with E-state index < -0.39 is 0 Å². The third-order valence-electron chi connectivity index (χ3n) is 5.92. The normalized spacial score (nSPS) is 12.7. The van der Waals surface area contributed by atoms with Crippen molar-refractivity contribution in [2.24, 2.45) is 0 Å². The molecular formula is C24H8Br4O2S6. The number of aryl methyl sites for hydroxylation is 2. The summed E-state index contributed by atoms with van der Waals surface area (Å²) in [7, 11) is 0. The zero-order valence-electron chi connectivity index (χ0n) is 17.9. The largest absolute Gasteiger partial charge is 0.459 e. The Hall–Kier alpha value is -0.0200. The second-order valence-electron chi connectivity index (χ2n) is 8.26. The molecule has 0 saturated heterocycles. The third-order valence-corrected chi connectivity index (χ3v) is 18.7. The summed E-state index contributed by atoms with van der Waals surface area (Å²) in [6, 6.07) is 4.23. The molecule has 8 rings (SSSR count). The molecule has 180 valence electrons. The molecule has 0 aliphatic carbocycles. The van der Waals surface area contributed by atoms with Crippen molar-refractivity contribution in [3.05, 3.63) is 41.5 Å². The van der Waals surface area contributed by atoms with E-state index in [1.54, 1.807) is 22.7 Å². The smallest absolute Gasteiger partial charge is 0.159 e. The molecule has 2 nitrogen and oxygen atoms in total. The van der Waals surface area contributed by atoms with E-state index >= 15 is 0 Å². The van der Waals surface area contributed by atoms with Crippen LogP contribution >= 0.6 is 132 Å². The molecule has 0 saturated carbocycles. The van der Waals surface area contributed by atoms with Crippen molar-refractivity contribution in [2.75, 3.05) is 0 Å². The van der Waals surface area contributed by atoms with Gasteiger partial charge in [-0.2, -0.15) is 0 Å². The van der Waals surface area contributed by atoms with Crippen molar-refractivity contribution in [3.8, 4) is 19.5 Å². The first-order valence-corrected chi connectivity index (χ1v) is 18.5. The summed E-state index contributed by atoms with van der Waals surface area (Å²) >= 11 is 26.6. The zero-order chi connectivity index (χ0) is 24.6. The van der Waals surface area contributed by atoms with Gasteiger partial charge in [-0.25, -0.2) is 0 Å². The van der Waals surface area contributed by atoms with Crippen molar-refractivity contribution in [1.29, 1.82) is 0 Å². The lowest BCUT2D eigenvalue weighted by atomic mass is 10.3. The Balaban J connectivity index is 1.32. The molecule has 8 aromatic rings. The fourth-order valence-electron chi connectivity index (χ4n) is 4.41. The molecule has 0 atom stereocenters. The molecule has 0 aromatic carbocycles. The number of thiophene rings is 6. The van der Waals surface area contributed by atoms with E-state index in [4.69, 9.17) is 8.83 Å². The maximum Gasteiger partial charge on any atom is 0.159 e. The number of furan rings is 2. The predicted molar refractivity (Wildman–Crippen MR) is 177 cm³/mol. The SMILES string of the molecule is Cc1cc2sc(-c3sc4c(sc5c6sc(-c7sc8cc(C)oc8c7Br)c(Br)c6sc45)c3Br)c(Br)c2o1. The average molecular weight is 840 g/mol. The van der Waals surface area contributed by atoms with Crippen LogP contribution in [0.2, 0.25) is 0 Å². The van der Waals surface area contributed by atoms with Crippen LogP contribution in [0.3, 0.4) is 0 Å². The first-order valence-electron chi connectivity index (χ1n) is 10.4. The van der Waals surface area contributed by atoms with Crippen LogP contribution in [-0.2, 0) is 0 Å². The molecular weight excluding hydrogens is 832 g/mol. The average Bonchev–Trinajstić information content (AvgIpc) is 3.67. The second-order valence-corrected chi connectivity index (χ2v) is 17.6. The van der Waals surface area contributed by atoms with Crippen LogP contribution in [0.5, 0.6) is 0 Å². The molecule has 0 spiro atoms. The van der Waals surface area contributed by atoms with Crippen molar-refractivity contribution in [3.63, 3.8) is 0 Å². The van der Waals surface area contributed by atoms with Crippen LogP contribution in [-0.4, -0.2) is 0 Å². The van der Waals surface area contributed by atoms with E-state index in [2.05, 4.69) is 75.9 Å². The third kappa shape index (κ3) is 3.17. The predicted octanol–water partition coefficient (Wildman–Crippen LogP) is 14.0. The van der Waals surface area contributed by atoms with E-state index in [1.807, 2.05) is 59.2 Å². The van der Waals surface area contributed by atoms with Crippen LogP contribution in [0.1, 0.15) is 11.5 Å². The minimum absolute atomic E-state index is 0.941. The highest BCUT2D eigenvalue weighted by Crippen LogP contribution is 2.60. The lowest BCUT2D eigenvalue weighted by Crippen LogP contribution is -1.68. The lowest BCUT2D eigenvalue weighted by Gasteiger charge is -1.96. The summed E-state index contributed by atoms with van der Waals surface area (Å²) in [5, 5.41) is 0. The molecule has 0 N–H and O–H groups in total. The number of rotatable bonds is 2. The van der Waals surface area contributed by atoms with E-state index in [1.165, 1.54) is 66.1 Å². The summed E-state index contributed by atoms with van der Waals surface area (Å²) in [5.74, 6) is 1.89. The molecule has 8 heterocycles. The van der Waals surface area contributed by atoms with Crippen LogP contribution in [0, 0.1) is 13.8 Å². The molecule has 12 heteroatoms. The first-order chi connectivity index (χ1) is 17.3. The fourth-order valence-corrected chi connectivity index (χ4v) is 16.9. The zero-order valence-corrected chi connectivity index (χ0v) is 29.2. The number of fused-ring (bicyclic) bond motifs is 7. The summed E-state index contributed by atoms with van der Waals surface area (Å²) in [4.78, 5) is 4.97. The van der Waals surface area contributed by atoms with Crippen LogP contribution < -0.4 is 0 Å². The van der Waals surface area contributed by atoms with Crippen molar-refractivity contribution < 1.29 is 8.83 Å². The first kappa shape index (κ1) is 23.8. The Bertz CT molecular complexity index is 2030. The van der Waals surface area contributed by atoms with Gasteiger partial charge in [0.15, 0.2) is 11.2 Å². The number of hydrogen-bond donors (Lipinski definition) is 0. The molecule has 0 aliphatic rings. The minimum Gasteiger partial charge on any atom is -0.459 e. The quantitative estimate of drug-likeness (QED) is 0.173. The maximum absolute atomic E-state index is 5.93. The molecule has 36 heavy (non-hydrogen) atoms. The van der Waals surface area contributed by atoms with E-state index in [0.717, 1.165) is 31.6 Å². The summed E-state index contributed by atoms with van der Waals surface area (Å²) in [6.07, 6.45) is 0. The van der Waals surface area contributed by atoms with Gasteiger partial charge in [0.25, 0.3) is 0 Å². The highest BCUT2D eigenvalue weighted by atomic mass is 79.9. The molecule has 0 amide bonds. The summed E-state index contributed by atoms with van der Waals surface area (Å²) < 4.78 is 26.8. The topological polar surface area (TPSA) is 26.3 Å². The van der Waals surface area contributed by atoms with Gasteiger partial charge < -0.3 is 8.83 Å². The lowest BCUT2D eigenvalue weighted by molar-refractivity contribution is 0.577. The van der Waals surface area contributed by atoms with Gasteiger partial charge in [-0.3, -0.25) is 0 Å². The van der Waals surface area contributed by atoms with Gasteiger partial charge in [0.1, 0.15) is 11.5 Å². The summed E-state index contributed by atoms with van der Waals surface area (Å²) in [5.41, 5.74) is 1.88. The van der Waals surface area contributed by atoms with Gasteiger partial charge in [-0.15, -0.1) is 68.0 Å². The van der Waals surface area contributed by atoms with Gasteiger partial charge in [-0.1, -0.05) is 0 Å². The Labute approximate surface area is 261 Å². The van der Waals surface area contributed by atoms with Crippen molar-refractivity contribution in [1.82, 2.24) is 0 Å². The number of halogens is 4. The Morgan fingerprint density at radius 3 is 1.22 bits per heavy atom. The minimum atomic E-state index is 0.941. The van der Waals surface area contributed by atoms with Crippen LogP contribution in [0.25, 0.3) is 68.3 Å². The Morgan fingerprint density at radius 1 is 0.472 bits per heavy atom. The number of hydrogen-bond acceptors (Lipinski definition) is 8. The maximum atomic E-state index is 5.93. The molecule has 0 radical (unpaired) electrons. The monoisotopic (exact) mass is 836 g/mol. The fraction of sp³-hybridized carbons (Fsp3) is 0.0833. The Kier molecular flexibility index (Phi) is 5.46. The van der Waals surface area contributed by atoms with E-state index in [-0.39, 0.29) is 0 Å². The molecule has 0 unspecified atom stereocenters.